The van der Waals surface area contributed by atoms with Crippen molar-refractivity contribution in [3.63, 3.8) is 0 Å². The van der Waals surface area contributed by atoms with E-state index >= 15 is 0 Å². The maximum atomic E-state index is 13.7. The zero-order chi connectivity index (χ0) is 15.7. The Hall–Kier alpha value is -2.35. The first kappa shape index (κ1) is 14.6. The molecule has 0 aliphatic carbocycles. The van der Waals surface area contributed by atoms with Crippen LogP contribution in [0.5, 0.6) is 0 Å². The number of nitrogens with zero attached hydrogens (tertiary/aromatic N) is 4. The van der Waals surface area contributed by atoms with E-state index in [0.29, 0.717) is 36.9 Å². The molecular formula is C14H16FN5O2. The Balaban J connectivity index is 1.79. The fourth-order valence-corrected chi connectivity index (χ4v) is 2.79. The molecule has 116 valence electrons. The molecule has 0 saturated carbocycles. The van der Waals surface area contributed by atoms with Gasteiger partial charge in [-0.25, -0.2) is 4.39 Å². The van der Waals surface area contributed by atoms with E-state index in [1.165, 1.54) is 6.20 Å². The van der Waals surface area contributed by atoms with E-state index in [-0.39, 0.29) is 11.7 Å². The molecule has 1 amide bonds. The molecular weight excluding hydrogens is 289 g/mol. The van der Waals surface area contributed by atoms with Gasteiger partial charge in [-0.3, -0.25) is 14.7 Å². The van der Waals surface area contributed by atoms with Gasteiger partial charge in [0.2, 0.25) is 11.8 Å². The first-order valence-corrected chi connectivity index (χ1v) is 6.95. The number of halogens is 1. The van der Waals surface area contributed by atoms with Gasteiger partial charge in [-0.05, 0) is 13.0 Å². The molecule has 1 aliphatic heterocycles. The molecule has 2 N–H and O–H groups in total. The van der Waals surface area contributed by atoms with Crippen LogP contribution in [0.1, 0.15) is 23.2 Å². The fourth-order valence-electron chi connectivity index (χ4n) is 2.79. The number of carbonyl (C=O) groups excluding carboxylic acids is 1. The largest absolute Gasteiger partial charge is 0.369 e. The van der Waals surface area contributed by atoms with Crippen molar-refractivity contribution >= 4 is 5.91 Å². The topological polar surface area (TPSA) is 98.1 Å². The van der Waals surface area contributed by atoms with Crippen LogP contribution in [-0.4, -0.2) is 39.0 Å². The second-order valence-electron chi connectivity index (χ2n) is 5.46. The molecule has 22 heavy (non-hydrogen) atoms. The fraction of sp³-hybridized carbons (Fsp3) is 0.429. The van der Waals surface area contributed by atoms with Gasteiger partial charge in [-0.15, -0.1) is 0 Å². The van der Waals surface area contributed by atoms with Crippen LogP contribution >= 0.6 is 0 Å². The lowest BCUT2D eigenvalue weighted by Crippen LogP contribution is -2.29. The third kappa shape index (κ3) is 2.82. The molecule has 1 fully saturated rings. The molecule has 0 spiro atoms. The molecule has 3 heterocycles. The van der Waals surface area contributed by atoms with Crippen LogP contribution in [0.3, 0.4) is 0 Å². The summed E-state index contributed by atoms with van der Waals surface area (Å²) in [4.78, 5) is 21.6. The van der Waals surface area contributed by atoms with Gasteiger partial charge in [0.25, 0.3) is 0 Å². The van der Waals surface area contributed by atoms with Crippen molar-refractivity contribution in [1.82, 2.24) is 20.0 Å². The highest BCUT2D eigenvalue weighted by Crippen LogP contribution is 2.32. The molecule has 8 heteroatoms. The molecule has 1 saturated heterocycles. The average molecular weight is 305 g/mol. The predicted molar refractivity (Wildman–Crippen MR) is 73.9 cm³/mol. The molecule has 1 aliphatic rings. The van der Waals surface area contributed by atoms with E-state index in [9.17, 15) is 9.18 Å². The third-order valence-electron chi connectivity index (χ3n) is 3.87. The highest BCUT2D eigenvalue weighted by atomic mass is 19.1. The Morgan fingerprint density at radius 2 is 2.36 bits per heavy atom. The SMILES string of the molecule is Cc1noc(C2CN(Cc3ccncc3F)CC2C(N)=O)n1. The molecule has 0 radical (unpaired) electrons. The minimum absolute atomic E-state index is 0.261. The van der Waals surface area contributed by atoms with E-state index in [1.54, 1.807) is 19.2 Å². The lowest BCUT2D eigenvalue weighted by molar-refractivity contribution is -0.121. The summed E-state index contributed by atoms with van der Waals surface area (Å²) in [5, 5.41) is 3.75. The molecule has 3 rings (SSSR count). The number of rotatable bonds is 4. The van der Waals surface area contributed by atoms with Crippen LogP contribution in [0.4, 0.5) is 4.39 Å². The number of likely N-dealkylation sites (tertiary alicyclic amines) is 1. The van der Waals surface area contributed by atoms with Crippen LogP contribution in [0.25, 0.3) is 0 Å². The lowest BCUT2D eigenvalue weighted by Gasteiger charge is -2.15. The Labute approximate surface area is 126 Å². The van der Waals surface area contributed by atoms with Crippen molar-refractivity contribution in [1.29, 1.82) is 0 Å². The highest BCUT2D eigenvalue weighted by Gasteiger charge is 2.40. The smallest absolute Gasteiger partial charge is 0.231 e. The van der Waals surface area contributed by atoms with Crippen molar-refractivity contribution in [3.8, 4) is 0 Å². The van der Waals surface area contributed by atoms with Crippen molar-refractivity contribution in [2.75, 3.05) is 13.1 Å². The first-order valence-electron chi connectivity index (χ1n) is 6.95. The summed E-state index contributed by atoms with van der Waals surface area (Å²) in [7, 11) is 0. The molecule has 2 atom stereocenters. The average Bonchev–Trinajstić information content (AvgIpc) is 3.07. The van der Waals surface area contributed by atoms with Gasteiger partial charge in [-0.1, -0.05) is 5.16 Å². The first-order chi connectivity index (χ1) is 10.5. The maximum Gasteiger partial charge on any atom is 0.231 e. The van der Waals surface area contributed by atoms with Crippen LogP contribution in [0.2, 0.25) is 0 Å². The molecule has 0 aromatic carbocycles. The Kier molecular flexibility index (Phi) is 3.84. The number of aromatic nitrogens is 3. The second-order valence-corrected chi connectivity index (χ2v) is 5.46. The third-order valence-corrected chi connectivity index (χ3v) is 3.87. The Morgan fingerprint density at radius 1 is 1.55 bits per heavy atom. The van der Waals surface area contributed by atoms with E-state index in [1.807, 2.05) is 4.90 Å². The van der Waals surface area contributed by atoms with E-state index in [0.717, 1.165) is 0 Å². The van der Waals surface area contributed by atoms with Crippen molar-refractivity contribution < 1.29 is 13.7 Å². The van der Waals surface area contributed by atoms with Gasteiger partial charge in [0.1, 0.15) is 5.82 Å². The predicted octanol–water partition coefficient (Wildman–Crippen LogP) is 0.613. The van der Waals surface area contributed by atoms with Crippen molar-refractivity contribution in [2.24, 2.45) is 11.7 Å². The van der Waals surface area contributed by atoms with Gasteiger partial charge in [0.05, 0.1) is 18.0 Å². The minimum atomic E-state index is -0.426. The molecule has 2 aromatic rings. The maximum absolute atomic E-state index is 13.7. The Morgan fingerprint density at radius 3 is 3.00 bits per heavy atom. The highest BCUT2D eigenvalue weighted by molar-refractivity contribution is 5.78. The zero-order valence-electron chi connectivity index (χ0n) is 12.1. The number of carbonyl (C=O) groups is 1. The number of nitrogens with two attached hydrogens (primary N) is 1. The van der Waals surface area contributed by atoms with E-state index < -0.39 is 11.8 Å². The summed E-state index contributed by atoms with van der Waals surface area (Å²) in [6.45, 7) is 3.04. The standard InChI is InChI=1S/C14H16FN5O2/c1-8-18-14(22-19-8)11-7-20(6-10(11)13(16)21)5-9-2-3-17-4-12(9)15/h2-4,10-11H,5-7H2,1H3,(H2,16,21). The lowest BCUT2D eigenvalue weighted by atomic mass is 9.95. The van der Waals surface area contributed by atoms with Crippen LogP contribution in [0.15, 0.2) is 23.0 Å². The Bertz CT molecular complexity index is 689. The second kappa shape index (κ2) is 5.80. The molecule has 7 nitrogen and oxygen atoms in total. The zero-order valence-corrected chi connectivity index (χ0v) is 12.1. The normalized spacial score (nSPS) is 22.1. The number of hydrogen-bond donors (Lipinski definition) is 1. The minimum Gasteiger partial charge on any atom is -0.369 e. The molecule has 2 aromatic heterocycles. The van der Waals surface area contributed by atoms with Crippen molar-refractivity contribution in [3.05, 3.63) is 41.6 Å². The van der Waals surface area contributed by atoms with Gasteiger partial charge in [0.15, 0.2) is 5.82 Å². The van der Waals surface area contributed by atoms with Crippen LogP contribution < -0.4 is 5.73 Å². The quantitative estimate of drug-likeness (QED) is 0.889. The summed E-state index contributed by atoms with van der Waals surface area (Å²) < 4.78 is 18.9. The summed E-state index contributed by atoms with van der Waals surface area (Å²) in [6.07, 6.45) is 2.72. The molecule has 0 bridgehead atoms. The summed E-state index contributed by atoms with van der Waals surface area (Å²) >= 11 is 0. The van der Waals surface area contributed by atoms with Gasteiger partial charge in [0, 0.05) is 31.4 Å². The number of hydrogen-bond acceptors (Lipinski definition) is 6. The number of aryl methyl sites for hydroxylation is 1. The van der Waals surface area contributed by atoms with Crippen LogP contribution in [0, 0.1) is 18.7 Å². The van der Waals surface area contributed by atoms with E-state index in [2.05, 4.69) is 15.1 Å². The molecule has 2 unspecified atom stereocenters. The number of primary amides is 1. The summed E-state index contributed by atoms with van der Waals surface area (Å²) in [5.74, 6) is -0.557. The van der Waals surface area contributed by atoms with Crippen LogP contribution in [-0.2, 0) is 11.3 Å². The summed E-state index contributed by atoms with van der Waals surface area (Å²) in [5.41, 5.74) is 6.01. The van der Waals surface area contributed by atoms with Gasteiger partial charge in [-0.2, -0.15) is 4.98 Å². The van der Waals surface area contributed by atoms with Gasteiger partial charge < -0.3 is 10.3 Å². The number of amides is 1. The van der Waals surface area contributed by atoms with Crippen molar-refractivity contribution in [2.45, 2.75) is 19.4 Å². The monoisotopic (exact) mass is 305 g/mol. The number of pyridine rings is 1. The van der Waals surface area contributed by atoms with E-state index in [4.69, 9.17) is 10.3 Å². The van der Waals surface area contributed by atoms with Gasteiger partial charge >= 0.3 is 0 Å². The summed E-state index contributed by atoms with van der Waals surface area (Å²) in [6, 6.07) is 1.62.